The summed E-state index contributed by atoms with van der Waals surface area (Å²) in [5.41, 5.74) is 6.70. The molecule has 0 spiro atoms. The summed E-state index contributed by atoms with van der Waals surface area (Å²) in [4.78, 5) is 7.96. The minimum absolute atomic E-state index is 0.309. The highest BCUT2D eigenvalue weighted by molar-refractivity contribution is 5.93. The number of aromatic nitrogens is 4. The number of rotatable bonds is 4. The van der Waals surface area contributed by atoms with Crippen molar-refractivity contribution in [3.63, 3.8) is 0 Å². The van der Waals surface area contributed by atoms with Crippen molar-refractivity contribution in [3.8, 4) is 22.7 Å². The third-order valence-electron chi connectivity index (χ3n) is 5.94. The summed E-state index contributed by atoms with van der Waals surface area (Å²) in [5.74, 6) is 2.01. The Hall–Kier alpha value is -2.99. The number of fused-ring (bicyclic) bond motifs is 1. The molecule has 1 saturated heterocycles. The summed E-state index contributed by atoms with van der Waals surface area (Å²) < 4.78 is 6.08. The number of H-pyrrole nitrogens is 1. The lowest BCUT2D eigenvalue weighted by Crippen LogP contribution is -2.28. The third kappa shape index (κ3) is 3.41. The Labute approximate surface area is 176 Å². The first-order chi connectivity index (χ1) is 14.6. The van der Waals surface area contributed by atoms with E-state index in [1.165, 1.54) is 10.9 Å². The van der Waals surface area contributed by atoms with Crippen LogP contribution in [-0.2, 0) is 0 Å². The molecule has 30 heavy (non-hydrogen) atoms. The molecule has 1 fully saturated rings. The van der Waals surface area contributed by atoms with Gasteiger partial charge in [-0.25, -0.2) is 0 Å². The van der Waals surface area contributed by atoms with Gasteiger partial charge >= 0.3 is 0 Å². The highest BCUT2D eigenvalue weighted by Crippen LogP contribution is 2.37. The SMILES string of the molecule is Cc1cc(-c2[nH]c3ccc(-c4nnc([C@@H]5CCCNC5)o4)cc3c2C(C)C)ccn1. The molecule has 4 heterocycles. The summed E-state index contributed by atoms with van der Waals surface area (Å²) in [5, 5.41) is 13.3. The van der Waals surface area contributed by atoms with E-state index in [-0.39, 0.29) is 0 Å². The first kappa shape index (κ1) is 19.0. The van der Waals surface area contributed by atoms with Crippen LogP contribution in [0.5, 0.6) is 0 Å². The Bertz CT molecular complexity index is 1180. The Morgan fingerprint density at radius 1 is 1.10 bits per heavy atom. The fraction of sp³-hybridized carbons (Fsp3) is 0.375. The third-order valence-corrected chi connectivity index (χ3v) is 5.94. The van der Waals surface area contributed by atoms with Crippen LogP contribution in [0.2, 0.25) is 0 Å². The Kier molecular flexibility index (Phi) is 4.87. The fourth-order valence-electron chi connectivity index (χ4n) is 4.45. The number of aromatic amines is 1. The van der Waals surface area contributed by atoms with Gasteiger partial charge in [-0.15, -0.1) is 10.2 Å². The normalized spacial score (nSPS) is 17.1. The van der Waals surface area contributed by atoms with E-state index < -0.39 is 0 Å². The molecule has 1 atom stereocenters. The van der Waals surface area contributed by atoms with Crippen LogP contribution in [0.1, 0.15) is 55.7 Å². The first-order valence-corrected chi connectivity index (χ1v) is 10.7. The average molecular weight is 402 g/mol. The quantitative estimate of drug-likeness (QED) is 0.493. The molecule has 0 saturated carbocycles. The van der Waals surface area contributed by atoms with Crippen LogP contribution in [0.3, 0.4) is 0 Å². The Morgan fingerprint density at radius 2 is 2.00 bits per heavy atom. The maximum absolute atomic E-state index is 6.08. The molecule has 1 aliphatic rings. The monoisotopic (exact) mass is 401 g/mol. The Morgan fingerprint density at radius 3 is 2.77 bits per heavy atom. The number of nitrogens with zero attached hydrogens (tertiary/aromatic N) is 3. The van der Waals surface area contributed by atoms with Crippen molar-refractivity contribution < 1.29 is 4.42 Å². The largest absolute Gasteiger partial charge is 0.420 e. The van der Waals surface area contributed by atoms with Crippen molar-refractivity contribution in [3.05, 3.63) is 53.7 Å². The number of aryl methyl sites for hydroxylation is 1. The molecule has 0 radical (unpaired) electrons. The van der Waals surface area contributed by atoms with Gasteiger partial charge in [0.2, 0.25) is 11.8 Å². The van der Waals surface area contributed by atoms with Crippen LogP contribution >= 0.6 is 0 Å². The smallest absolute Gasteiger partial charge is 0.247 e. The van der Waals surface area contributed by atoms with Crippen molar-refractivity contribution in [2.75, 3.05) is 13.1 Å². The molecule has 0 unspecified atom stereocenters. The van der Waals surface area contributed by atoms with Gasteiger partial charge in [-0.05, 0) is 68.1 Å². The van der Waals surface area contributed by atoms with Gasteiger partial charge in [-0.1, -0.05) is 13.8 Å². The summed E-state index contributed by atoms with van der Waals surface area (Å²) in [6.45, 7) is 8.46. The zero-order valence-corrected chi connectivity index (χ0v) is 17.7. The van der Waals surface area contributed by atoms with E-state index in [0.29, 0.717) is 17.7 Å². The number of benzene rings is 1. The highest BCUT2D eigenvalue weighted by atomic mass is 16.4. The van der Waals surface area contributed by atoms with Crippen molar-refractivity contribution in [2.45, 2.75) is 45.4 Å². The molecule has 6 nitrogen and oxygen atoms in total. The summed E-state index contributed by atoms with van der Waals surface area (Å²) in [6.07, 6.45) is 4.11. The average Bonchev–Trinajstić information content (AvgIpc) is 3.39. The lowest BCUT2D eigenvalue weighted by molar-refractivity contribution is 0.380. The van der Waals surface area contributed by atoms with Crippen molar-refractivity contribution >= 4 is 10.9 Å². The molecule has 4 aromatic rings. The van der Waals surface area contributed by atoms with Crippen LogP contribution in [0, 0.1) is 6.92 Å². The molecule has 0 amide bonds. The Balaban J connectivity index is 1.57. The molecule has 1 aromatic carbocycles. The van der Waals surface area contributed by atoms with Crippen molar-refractivity contribution in [1.82, 2.24) is 25.5 Å². The van der Waals surface area contributed by atoms with E-state index >= 15 is 0 Å². The maximum Gasteiger partial charge on any atom is 0.247 e. The highest BCUT2D eigenvalue weighted by Gasteiger charge is 2.22. The summed E-state index contributed by atoms with van der Waals surface area (Å²) in [6, 6.07) is 10.5. The molecule has 1 aliphatic heterocycles. The van der Waals surface area contributed by atoms with E-state index in [1.807, 2.05) is 13.1 Å². The van der Waals surface area contributed by atoms with Crippen molar-refractivity contribution in [1.29, 1.82) is 0 Å². The predicted molar refractivity (Wildman–Crippen MR) is 118 cm³/mol. The van der Waals surface area contributed by atoms with Gasteiger partial charge in [0, 0.05) is 46.4 Å². The first-order valence-electron chi connectivity index (χ1n) is 10.7. The van der Waals surface area contributed by atoms with Crippen LogP contribution in [0.25, 0.3) is 33.6 Å². The predicted octanol–water partition coefficient (Wildman–Crippen LogP) is 5.18. The molecule has 0 aliphatic carbocycles. The zero-order chi connectivity index (χ0) is 20.7. The number of hydrogen-bond acceptors (Lipinski definition) is 5. The second-order valence-electron chi connectivity index (χ2n) is 8.50. The number of piperidine rings is 1. The zero-order valence-electron chi connectivity index (χ0n) is 17.7. The maximum atomic E-state index is 6.08. The van der Waals surface area contributed by atoms with Gasteiger partial charge in [0.05, 0.1) is 5.69 Å². The second kappa shape index (κ2) is 7.69. The van der Waals surface area contributed by atoms with E-state index in [9.17, 15) is 0 Å². The second-order valence-corrected chi connectivity index (χ2v) is 8.50. The molecule has 154 valence electrons. The van der Waals surface area contributed by atoms with E-state index in [0.717, 1.165) is 59.9 Å². The molecule has 5 rings (SSSR count). The number of hydrogen-bond donors (Lipinski definition) is 2. The van der Waals surface area contributed by atoms with Crippen LogP contribution in [-0.4, -0.2) is 33.3 Å². The number of pyridine rings is 1. The van der Waals surface area contributed by atoms with E-state index in [2.05, 4.69) is 69.7 Å². The van der Waals surface area contributed by atoms with Gasteiger partial charge in [0.25, 0.3) is 0 Å². The van der Waals surface area contributed by atoms with E-state index in [4.69, 9.17) is 4.42 Å². The van der Waals surface area contributed by atoms with Crippen molar-refractivity contribution in [2.24, 2.45) is 0 Å². The molecule has 2 N–H and O–H groups in total. The summed E-state index contributed by atoms with van der Waals surface area (Å²) >= 11 is 0. The van der Waals surface area contributed by atoms with Gasteiger partial charge in [0.1, 0.15) is 0 Å². The fourth-order valence-corrected chi connectivity index (χ4v) is 4.45. The van der Waals surface area contributed by atoms with Crippen LogP contribution < -0.4 is 5.32 Å². The van der Waals surface area contributed by atoms with Gasteiger partial charge < -0.3 is 14.7 Å². The van der Waals surface area contributed by atoms with Gasteiger partial charge in [0.15, 0.2) is 0 Å². The standard InChI is InChI=1S/C24H27N5O/c1-14(2)21-19-12-17(23-28-29-24(30-23)18-5-4-9-25-13-18)6-7-20(19)27-22(21)16-8-10-26-15(3)11-16/h6-8,10-12,14,18,25,27H,4-5,9,13H2,1-3H3/t18-/m1/s1. The lowest BCUT2D eigenvalue weighted by atomic mass is 9.95. The lowest BCUT2D eigenvalue weighted by Gasteiger charge is -2.18. The topological polar surface area (TPSA) is 79.6 Å². The minimum atomic E-state index is 0.309. The van der Waals surface area contributed by atoms with Crippen LogP contribution in [0.15, 0.2) is 40.9 Å². The number of nitrogens with one attached hydrogen (secondary N) is 2. The molecule has 6 heteroatoms. The van der Waals surface area contributed by atoms with Gasteiger partial charge in [-0.2, -0.15) is 0 Å². The molecule has 0 bridgehead atoms. The summed E-state index contributed by atoms with van der Waals surface area (Å²) in [7, 11) is 0. The minimum Gasteiger partial charge on any atom is -0.420 e. The molecule has 3 aromatic heterocycles. The van der Waals surface area contributed by atoms with Gasteiger partial charge in [-0.3, -0.25) is 4.98 Å². The molecular formula is C24H27N5O. The molecular weight excluding hydrogens is 374 g/mol. The van der Waals surface area contributed by atoms with Crippen LogP contribution in [0.4, 0.5) is 0 Å². The van der Waals surface area contributed by atoms with E-state index in [1.54, 1.807) is 0 Å².